The minimum Gasteiger partial charge on any atom is -0.377 e. The molecule has 1 aromatic heterocycles. The van der Waals surface area contributed by atoms with Crippen LogP contribution in [0.15, 0.2) is 18.2 Å². The molecule has 3 heterocycles. The van der Waals surface area contributed by atoms with E-state index in [1.54, 1.807) is 0 Å². The molecule has 3 aliphatic rings. The molecule has 1 aromatic carbocycles. The molecule has 1 saturated carbocycles. The SMILES string of the molecule is Cc1c(C(=O)NC2COC2)cc(-c2cc(C(C)(C)C)c3c(c2)C(C)(C)CC(=O)N3C)n1CC1CCCCC1. The third-order valence-electron chi connectivity index (χ3n) is 9.00. The van der Waals surface area contributed by atoms with Crippen molar-refractivity contribution >= 4 is 17.5 Å². The van der Waals surface area contributed by atoms with E-state index in [1.165, 1.54) is 43.2 Å². The Labute approximate surface area is 228 Å². The number of rotatable bonds is 5. The summed E-state index contributed by atoms with van der Waals surface area (Å²) >= 11 is 0. The van der Waals surface area contributed by atoms with Crippen LogP contribution in [-0.2, 0) is 26.9 Å². The first kappa shape index (κ1) is 27.0. The number of carbonyl (C=O) groups is 2. The molecular formula is C32H45N3O3. The highest BCUT2D eigenvalue weighted by Crippen LogP contribution is 2.47. The van der Waals surface area contributed by atoms with E-state index < -0.39 is 0 Å². The van der Waals surface area contributed by atoms with Gasteiger partial charge >= 0.3 is 0 Å². The van der Waals surface area contributed by atoms with Crippen molar-refractivity contribution in [3.63, 3.8) is 0 Å². The summed E-state index contributed by atoms with van der Waals surface area (Å²) < 4.78 is 7.69. The number of nitrogens with zero attached hydrogens (tertiary/aromatic N) is 2. The topological polar surface area (TPSA) is 63.6 Å². The molecule has 2 fully saturated rings. The summed E-state index contributed by atoms with van der Waals surface area (Å²) in [6.45, 7) is 15.2. The molecule has 1 aliphatic carbocycles. The molecule has 1 N–H and O–H groups in total. The Morgan fingerprint density at radius 3 is 2.39 bits per heavy atom. The molecule has 1 saturated heterocycles. The van der Waals surface area contributed by atoms with Crippen LogP contribution >= 0.6 is 0 Å². The van der Waals surface area contributed by atoms with E-state index in [-0.39, 0.29) is 28.7 Å². The largest absolute Gasteiger partial charge is 0.377 e. The van der Waals surface area contributed by atoms with Crippen LogP contribution in [0.25, 0.3) is 11.3 Å². The molecule has 206 valence electrons. The molecule has 0 unspecified atom stereocenters. The summed E-state index contributed by atoms with van der Waals surface area (Å²) in [6.07, 6.45) is 6.88. The van der Waals surface area contributed by atoms with Crippen molar-refractivity contribution in [2.75, 3.05) is 25.2 Å². The summed E-state index contributed by atoms with van der Waals surface area (Å²) in [5, 5.41) is 3.16. The van der Waals surface area contributed by atoms with Crippen LogP contribution in [0.2, 0.25) is 0 Å². The Hall–Kier alpha value is -2.60. The Kier molecular flexibility index (Phi) is 7.00. The zero-order valence-electron chi connectivity index (χ0n) is 24.4. The van der Waals surface area contributed by atoms with Gasteiger partial charge in [0.15, 0.2) is 0 Å². The van der Waals surface area contributed by atoms with Crippen LogP contribution in [-0.4, -0.2) is 42.7 Å². The van der Waals surface area contributed by atoms with Crippen molar-refractivity contribution in [2.24, 2.45) is 5.92 Å². The van der Waals surface area contributed by atoms with Gasteiger partial charge in [-0.15, -0.1) is 0 Å². The number of aromatic nitrogens is 1. The number of anilines is 1. The molecule has 6 nitrogen and oxygen atoms in total. The molecule has 6 heteroatoms. The highest BCUT2D eigenvalue weighted by molar-refractivity contribution is 6.00. The van der Waals surface area contributed by atoms with Gasteiger partial charge < -0.3 is 19.5 Å². The first-order valence-corrected chi connectivity index (χ1v) is 14.4. The molecule has 2 aromatic rings. The number of ether oxygens (including phenoxy) is 1. The Balaban J connectivity index is 1.67. The van der Waals surface area contributed by atoms with Crippen LogP contribution in [0.1, 0.15) is 100 Å². The van der Waals surface area contributed by atoms with Crippen molar-refractivity contribution in [3.8, 4) is 11.3 Å². The number of carbonyl (C=O) groups excluding carboxylic acids is 2. The Morgan fingerprint density at radius 2 is 1.79 bits per heavy atom. The average Bonchev–Trinajstić information content (AvgIpc) is 3.15. The molecule has 0 bridgehead atoms. The van der Waals surface area contributed by atoms with Crippen LogP contribution in [0.4, 0.5) is 5.69 Å². The summed E-state index contributed by atoms with van der Waals surface area (Å²) in [5.41, 5.74) is 7.04. The summed E-state index contributed by atoms with van der Waals surface area (Å²) in [6, 6.07) is 6.77. The predicted molar refractivity (Wildman–Crippen MR) is 153 cm³/mol. The van der Waals surface area contributed by atoms with Crippen LogP contribution in [0, 0.1) is 12.8 Å². The standard InChI is InChI=1S/C32H45N3O3/c1-20-24(30(37)33-23-18-38-19-23)15-27(35(20)17-21-11-9-8-10-12-21)22-13-25(31(2,3)4)29-26(14-22)32(5,6)16-28(36)34(29)7/h13-15,21,23H,8-12,16-19H2,1-7H3,(H,33,37). The fourth-order valence-corrected chi connectivity index (χ4v) is 6.51. The number of fused-ring (bicyclic) bond motifs is 1. The van der Waals surface area contributed by atoms with Crippen molar-refractivity contribution < 1.29 is 14.3 Å². The van der Waals surface area contributed by atoms with Crippen LogP contribution in [0.3, 0.4) is 0 Å². The van der Waals surface area contributed by atoms with Gasteiger partial charge in [0.25, 0.3) is 5.91 Å². The van der Waals surface area contributed by atoms with Crippen molar-refractivity contribution in [2.45, 2.75) is 103 Å². The molecule has 0 atom stereocenters. The number of amides is 2. The maximum absolute atomic E-state index is 13.4. The van der Waals surface area contributed by atoms with Gasteiger partial charge in [-0.25, -0.2) is 0 Å². The van der Waals surface area contributed by atoms with E-state index in [9.17, 15) is 9.59 Å². The third kappa shape index (κ3) is 4.92. The van der Waals surface area contributed by atoms with Gasteiger partial charge in [0.1, 0.15) is 0 Å². The molecule has 5 rings (SSSR count). The van der Waals surface area contributed by atoms with E-state index in [0.717, 1.165) is 34.7 Å². The maximum Gasteiger partial charge on any atom is 0.253 e. The minimum absolute atomic E-state index is 0.0147. The lowest BCUT2D eigenvalue weighted by Crippen LogP contribution is -2.48. The fraction of sp³-hybridized carbons (Fsp3) is 0.625. The van der Waals surface area contributed by atoms with Gasteiger partial charge in [0.05, 0.1) is 30.5 Å². The van der Waals surface area contributed by atoms with Crippen molar-refractivity contribution in [1.29, 1.82) is 0 Å². The lowest BCUT2D eigenvalue weighted by molar-refractivity contribution is -0.119. The van der Waals surface area contributed by atoms with Crippen LogP contribution < -0.4 is 10.2 Å². The Bertz CT molecular complexity index is 1220. The van der Waals surface area contributed by atoms with E-state index >= 15 is 0 Å². The minimum atomic E-state index is -0.269. The second-order valence-corrected chi connectivity index (χ2v) is 13.5. The number of nitrogens with one attached hydrogen (secondary N) is 1. The quantitative estimate of drug-likeness (QED) is 0.518. The molecule has 0 spiro atoms. The molecular weight excluding hydrogens is 474 g/mol. The molecule has 2 amide bonds. The van der Waals surface area contributed by atoms with Gasteiger partial charge in [0, 0.05) is 36.8 Å². The van der Waals surface area contributed by atoms with E-state index in [0.29, 0.717) is 25.6 Å². The predicted octanol–water partition coefficient (Wildman–Crippen LogP) is 6.11. The summed E-state index contributed by atoms with van der Waals surface area (Å²) in [7, 11) is 1.91. The highest BCUT2D eigenvalue weighted by atomic mass is 16.5. The lowest BCUT2D eigenvalue weighted by Gasteiger charge is -2.41. The molecule has 0 radical (unpaired) electrons. The van der Waals surface area contributed by atoms with E-state index in [4.69, 9.17) is 4.74 Å². The molecule has 38 heavy (non-hydrogen) atoms. The number of benzene rings is 1. The van der Waals surface area contributed by atoms with Gasteiger partial charge in [-0.3, -0.25) is 9.59 Å². The van der Waals surface area contributed by atoms with E-state index in [1.807, 2.05) is 11.9 Å². The first-order chi connectivity index (χ1) is 17.9. The van der Waals surface area contributed by atoms with Crippen molar-refractivity contribution in [3.05, 3.63) is 40.6 Å². The fourth-order valence-electron chi connectivity index (χ4n) is 6.51. The average molecular weight is 520 g/mol. The van der Waals surface area contributed by atoms with Gasteiger partial charge in [-0.05, 0) is 66.0 Å². The Morgan fingerprint density at radius 1 is 1.11 bits per heavy atom. The zero-order chi connectivity index (χ0) is 27.4. The first-order valence-electron chi connectivity index (χ1n) is 14.4. The monoisotopic (exact) mass is 519 g/mol. The second kappa shape index (κ2) is 9.86. The maximum atomic E-state index is 13.4. The summed E-state index contributed by atoms with van der Waals surface area (Å²) in [4.78, 5) is 28.2. The highest BCUT2D eigenvalue weighted by Gasteiger charge is 2.39. The van der Waals surface area contributed by atoms with Crippen molar-refractivity contribution in [1.82, 2.24) is 9.88 Å². The normalized spacial score (nSPS) is 20.3. The number of hydrogen-bond donors (Lipinski definition) is 1. The summed E-state index contributed by atoms with van der Waals surface area (Å²) in [5.74, 6) is 0.778. The lowest BCUT2D eigenvalue weighted by atomic mass is 9.72. The molecule has 2 aliphatic heterocycles. The van der Waals surface area contributed by atoms with E-state index in [2.05, 4.69) is 69.6 Å². The number of hydrogen-bond acceptors (Lipinski definition) is 3. The van der Waals surface area contributed by atoms with Crippen LogP contribution in [0.5, 0.6) is 0 Å². The third-order valence-corrected chi connectivity index (χ3v) is 9.00. The zero-order valence-corrected chi connectivity index (χ0v) is 24.4. The van der Waals surface area contributed by atoms with Gasteiger partial charge in [0.2, 0.25) is 5.91 Å². The van der Waals surface area contributed by atoms with Gasteiger partial charge in [-0.2, -0.15) is 0 Å². The second-order valence-electron chi connectivity index (χ2n) is 13.5. The van der Waals surface area contributed by atoms with Gasteiger partial charge in [-0.1, -0.05) is 53.9 Å². The smallest absolute Gasteiger partial charge is 0.253 e.